The normalized spacial score (nSPS) is 34.6. The molecule has 3 rings (SSSR count). The van der Waals surface area contributed by atoms with Gasteiger partial charge in [0.15, 0.2) is 0 Å². The summed E-state index contributed by atoms with van der Waals surface area (Å²) in [5.74, 6) is -6.75. The first kappa shape index (κ1) is 19.2. The summed E-state index contributed by atoms with van der Waals surface area (Å²) in [6.45, 7) is 1.39. The van der Waals surface area contributed by atoms with Crippen LogP contribution in [0.3, 0.4) is 0 Å². The van der Waals surface area contributed by atoms with Crippen molar-refractivity contribution in [2.75, 3.05) is 5.32 Å². The van der Waals surface area contributed by atoms with E-state index in [0.29, 0.717) is 0 Å². The standard InChI is InChI=1S/C17H17F3N2O5/c1-15-10(11(15)13(24)25)7(6-16(15,21)14(26)27)12(23)22-9-5-3-2-4-8(9)17(18,19)20/h2-5,7,10-11H,6,21H2,1H3,(H,22,23)(H,24,25)(H,26,27). The van der Waals surface area contributed by atoms with Crippen LogP contribution in [0.4, 0.5) is 18.9 Å². The number of para-hydroxylation sites is 1. The van der Waals surface area contributed by atoms with E-state index in [1.165, 1.54) is 19.1 Å². The molecule has 5 atom stereocenters. The van der Waals surface area contributed by atoms with Gasteiger partial charge >= 0.3 is 18.1 Å². The number of rotatable bonds is 4. The van der Waals surface area contributed by atoms with Crippen LogP contribution < -0.4 is 11.1 Å². The number of aliphatic carboxylic acids is 2. The molecule has 0 heterocycles. The molecule has 5 unspecified atom stereocenters. The van der Waals surface area contributed by atoms with E-state index in [-0.39, 0.29) is 6.42 Å². The molecule has 1 aromatic rings. The summed E-state index contributed by atoms with van der Waals surface area (Å²) >= 11 is 0. The van der Waals surface area contributed by atoms with E-state index in [1.807, 2.05) is 0 Å². The molecule has 1 amide bonds. The number of halogens is 3. The highest BCUT2D eigenvalue weighted by Gasteiger charge is 2.83. The molecule has 0 aromatic heterocycles. The average Bonchev–Trinajstić information content (AvgIpc) is 3.11. The second kappa shape index (κ2) is 5.69. The molecule has 10 heteroatoms. The quantitative estimate of drug-likeness (QED) is 0.624. The van der Waals surface area contributed by atoms with Crippen LogP contribution >= 0.6 is 0 Å². The highest BCUT2D eigenvalue weighted by Crippen LogP contribution is 2.73. The molecule has 0 bridgehead atoms. The summed E-state index contributed by atoms with van der Waals surface area (Å²) in [6, 6.07) is 4.35. The van der Waals surface area contributed by atoms with Gasteiger partial charge < -0.3 is 21.3 Å². The summed E-state index contributed by atoms with van der Waals surface area (Å²) in [7, 11) is 0. The molecule has 2 aliphatic carbocycles. The number of carboxylic acids is 2. The molecular formula is C17H17F3N2O5. The Morgan fingerprint density at radius 1 is 1.22 bits per heavy atom. The fourth-order valence-corrected chi connectivity index (χ4v) is 4.51. The number of nitrogens with two attached hydrogens (primary N) is 1. The van der Waals surface area contributed by atoms with Crippen molar-refractivity contribution < 1.29 is 37.8 Å². The summed E-state index contributed by atoms with van der Waals surface area (Å²) in [5.41, 5.74) is 1.11. The number of carbonyl (C=O) groups is 3. The fourth-order valence-electron chi connectivity index (χ4n) is 4.51. The first-order valence-electron chi connectivity index (χ1n) is 8.08. The van der Waals surface area contributed by atoms with Crippen molar-refractivity contribution in [2.24, 2.45) is 28.9 Å². The molecule has 0 radical (unpaired) electrons. The lowest BCUT2D eigenvalue weighted by Gasteiger charge is -2.29. The molecule has 0 spiro atoms. The summed E-state index contributed by atoms with van der Waals surface area (Å²) in [6.07, 6.45) is -5.05. The average molecular weight is 386 g/mol. The Hall–Kier alpha value is -2.62. The monoisotopic (exact) mass is 386 g/mol. The van der Waals surface area contributed by atoms with E-state index in [0.717, 1.165) is 12.1 Å². The third-order valence-electron chi connectivity index (χ3n) is 6.00. The van der Waals surface area contributed by atoms with E-state index < -0.39 is 64.0 Å². The maximum absolute atomic E-state index is 13.1. The van der Waals surface area contributed by atoms with Gasteiger partial charge in [-0.3, -0.25) is 14.4 Å². The van der Waals surface area contributed by atoms with Gasteiger partial charge in [0.25, 0.3) is 0 Å². The predicted octanol–water partition coefficient (Wildman–Crippen LogP) is 1.78. The van der Waals surface area contributed by atoms with E-state index in [1.54, 1.807) is 0 Å². The summed E-state index contributed by atoms with van der Waals surface area (Å²) < 4.78 is 39.3. The second-order valence-electron chi connectivity index (χ2n) is 7.24. The highest BCUT2D eigenvalue weighted by atomic mass is 19.4. The molecule has 1 aromatic carbocycles. The molecule has 5 N–H and O–H groups in total. The molecule has 2 aliphatic rings. The minimum atomic E-state index is -4.70. The fraction of sp³-hybridized carbons (Fsp3) is 0.471. The van der Waals surface area contributed by atoms with Crippen LogP contribution in [0.15, 0.2) is 24.3 Å². The van der Waals surface area contributed by atoms with Gasteiger partial charge in [0, 0.05) is 11.3 Å². The zero-order valence-electron chi connectivity index (χ0n) is 14.1. The smallest absolute Gasteiger partial charge is 0.418 e. The molecule has 2 fully saturated rings. The SMILES string of the molecule is CC12C(C(=O)O)C1C(C(=O)Nc1ccccc1C(F)(F)F)CC2(N)C(=O)O. The minimum absolute atomic E-state index is 0.354. The van der Waals surface area contributed by atoms with Crippen LogP contribution in [-0.4, -0.2) is 33.6 Å². The van der Waals surface area contributed by atoms with Crippen molar-refractivity contribution in [3.63, 3.8) is 0 Å². The summed E-state index contributed by atoms with van der Waals surface area (Å²) in [4.78, 5) is 35.8. The van der Waals surface area contributed by atoms with Crippen molar-refractivity contribution in [1.29, 1.82) is 0 Å². The zero-order valence-corrected chi connectivity index (χ0v) is 14.1. The first-order chi connectivity index (χ1) is 12.4. The number of carboxylic acid groups (broad SMARTS) is 2. The van der Waals surface area contributed by atoms with Crippen molar-refractivity contribution >= 4 is 23.5 Å². The number of anilines is 1. The number of amides is 1. The lowest BCUT2D eigenvalue weighted by molar-refractivity contribution is -0.148. The van der Waals surface area contributed by atoms with Crippen LogP contribution in [0.2, 0.25) is 0 Å². The van der Waals surface area contributed by atoms with Gasteiger partial charge in [-0.05, 0) is 24.5 Å². The van der Waals surface area contributed by atoms with Crippen LogP contribution in [-0.2, 0) is 20.6 Å². The van der Waals surface area contributed by atoms with Crippen LogP contribution in [0.1, 0.15) is 18.9 Å². The lowest BCUT2D eigenvalue weighted by atomic mass is 9.80. The number of fused-ring (bicyclic) bond motifs is 1. The van der Waals surface area contributed by atoms with E-state index >= 15 is 0 Å². The second-order valence-corrected chi connectivity index (χ2v) is 7.24. The van der Waals surface area contributed by atoms with Gasteiger partial charge in [0.2, 0.25) is 5.91 Å². The van der Waals surface area contributed by atoms with E-state index in [4.69, 9.17) is 5.73 Å². The Balaban J connectivity index is 1.91. The predicted molar refractivity (Wildman–Crippen MR) is 85.5 cm³/mol. The van der Waals surface area contributed by atoms with Gasteiger partial charge in [-0.2, -0.15) is 13.2 Å². The molecule has 27 heavy (non-hydrogen) atoms. The molecular weight excluding hydrogens is 369 g/mol. The molecule has 0 saturated heterocycles. The van der Waals surface area contributed by atoms with Gasteiger partial charge in [0.1, 0.15) is 5.54 Å². The van der Waals surface area contributed by atoms with Gasteiger partial charge in [-0.25, -0.2) is 0 Å². The van der Waals surface area contributed by atoms with Gasteiger partial charge in [0.05, 0.1) is 17.2 Å². The first-order valence-corrected chi connectivity index (χ1v) is 8.08. The number of benzene rings is 1. The zero-order chi connectivity index (χ0) is 20.4. The van der Waals surface area contributed by atoms with Crippen molar-refractivity contribution in [1.82, 2.24) is 0 Å². The number of carbonyl (C=O) groups excluding carboxylic acids is 1. The van der Waals surface area contributed by atoms with Gasteiger partial charge in [-0.1, -0.05) is 19.1 Å². The van der Waals surface area contributed by atoms with Crippen molar-refractivity contribution in [3.8, 4) is 0 Å². The van der Waals surface area contributed by atoms with E-state index in [9.17, 15) is 37.8 Å². The van der Waals surface area contributed by atoms with Crippen molar-refractivity contribution in [2.45, 2.75) is 25.1 Å². The minimum Gasteiger partial charge on any atom is -0.481 e. The third-order valence-corrected chi connectivity index (χ3v) is 6.00. The van der Waals surface area contributed by atoms with Crippen molar-refractivity contribution in [3.05, 3.63) is 29.8 Å². The maximum atomic E-state index is 13.1. The number of alkyl halides is 3. The van der Waals surface area contributed by atoms with Crippen LogP contribution in [0, 0.1) is 23.2 Å². The highest BCUT2D eigenvalue weighted by molar-refractivity contribution is 5.98. The Kier molecular flexibility index (Phi) is 4.03. The van der Waals surface area contributed by atoms with Crippen LogP contribution in [0.25, 0.3) is 0 Å². The largest absolute Gasteiger partial charge is 0.481 e. The molecule has 2 saturated carbocycles. The lowest BCUT2D eigenvalue weighted by Crippen LogP contribution is -2.55. The third kappa shape index (κ3) is 2.58. The Labute approximate surface area is 151 Å². The number of hydrogen-bond acceptors (Lipinski definition) is 4. The Bertz CT molecular complexity index is 842. The van der Waals surface area contributed by atoms with E-state index in [2.05, 4.69) is 5.32 Å². The molecule has 0 aliphatic heterocycles. The number of nitrogens with one attached hydrogen (secondary N) is 1. The Morgan fingerprint density at radius 3 is 2.33 bits per heavy atom. The summed E-state index contributed by atoms with van der Waals surface area (Å²) in [5, 5.41) is 21.0. The molecule has 146 valence electrons. The Morgan fingerprint density at radius 2 is 1.81 bits per heavy atom. The topological polar surface area (TPSA) is 130 Å². The van der Waals surface area contributed by atoms with Crippen LogP contribution in [0.5, 0.6) is 0 Å². The van der Waals surface area contributed by atoms with Gasteiger partial charge in [-0.15, -0.1) is 0 Å². The molecule has 7 nitrogen and oxygen atoms in total. The maximum Gasteiger partial charge on any atom is 0.418 e. The number of hydrogen-bond donors (Lipinski definition) is 4.